The van der Waals surface area contributed by atoms with E-state index in [2.05, 4.69) is 39.9 Å². The monoisotopic (exact) mass is 357 g/mol. The second-order valence-corrected chi connectivity index (χ2v) is 5.71. The number of nitrogens with zero attached hydrogens (tertiary/aromatic N) is 1. The molecule has 0 radical (unpaired) electrons. The van der Waals surface area contributed by atoms with E-state index in [4.69, 9.17) is 14.2 Å². The predicted molar refractivity (Wildman–Crippen MR) is 104 cm³/mol. The summed E-state index contributed by atoms with van der Waals surface area (Å²) in [6, 6.07) is 14.1. The second kappa shape index (κ2) is 10.3. The Morgan fingerprint density at radius 1 is 0.885 bits per heavy atom. The lowest BCUT2D eigenvalue weighted by Gasteiger charge is -2.14. The van der Waals surface area contributed by atoms with Gasteiger partial charge in [0, 0.05) is 38.9 Å². The van der Waals surface area contributed by atoms with Crippen LogP contribution in [-0.4, -0.2) is 34.3 Å². The third-order valence-electron chi connectivity index (χ3n) is 3.96. The number of methoxy groups -OCH3 is 3. The molecule has 0 saturated heterocycles. The normalized spacial score (nSPS) is 11.2. The van der Waals surface area contributed by atoms with E-state index in [0.29, 0.717) is 19.7 Å². The van der Waals surface area contributed by atoms with Crippen molar-refractivity contribution in [3.05, 3.63) is 59.2 Å². The number of aliphatic imine (C=N–C) groups is 1. The number of hydrogen-bond donors (Lipinski definition) is 2. The summed E-state index contributed by atoms with van der Waals surface area (Å²) in [6.45, 7) is 1.91. The maximum atomic E-state index is 5.42. The molecule has 0 fully saturated rings. The van der Waals surface area contributed by atoms with E-state index < -0.39 is 0 Å². The molecule has 0 aliphatic carbocycles. The van der Waals surface area contributed by atoms with Crippen molar-refractivity contribution in [1.29, 1.82) is 0 Å². The Morgan fingerprint density at radius 3 is 2.19 bits per heavy atom. The van der Waals surface area contributed by atoms with Crippen molar-refractivity contribution < 1.29 is 14.2 Å². The number of hydrogen-bond acceptors (Lipinski definition) is 4. The van der Waals surface area contributed by atoms with E-state index in [1.807, 2.05) is 18.2 Å². The Kier molecular flexibility index (Phi) is 7.76. The fourth-order valence-electron chi connectivity index (χ4n) is 2.50. The Bertz CT molecular complexity index is 715. The van der Waals surface area contributed by atoms with Crippen molar-refractivity contribution >= 4 is 5.96 Å². The largest absolute Gasteiger partial charge is 0.497 e. The molecule has 0 aliphatic heterocycles. The van der Waals surface area contributed by atoms with E-state index in [-0.39, 0.29) is 0 Å². The van der Waals surface area contributed by atoms with Crippen LogP contribution < -0.4 is 20.1 Å². The Morgan fingerprint density at radius 2 is 1.58 bits per heavy atom. The molecule has 0 unspecified atom stereocenters. The van der Waals surface area contributed by atoms with Crippen LogP contribution in [0.15, 0.2) is 47.5 Å². The van der Waals surface area contributed by atoms with Gasteiger partial charge in [-0.15, -0.1) is 0 Å². The summed E-state index contributed by atoms with van der Waals surface area (Å²) in [7, 11) is 6.74. The van der Waals surface area contributed by atoms with Crippen LogP contribution in [0.5, 0.6) is 11.5 Å². The summed E-state index contributed by atoms with van der Waals surface area (Å²) in [5, 5.41) is 6.61. The quantitative estimate of drug-likeness (QED) is 0.562. The van der Waals surface area contributed by atoms with Crippen LogP contribution in [0, 0.1) is 0 Å². The highest BCUT2D eigenvalue weighted by Crippen LogP contribution is 2.24. The van der Waals surface area contributed by atoms with Gasteiger partial charge >= 0.3 is 0 Å². The molecule has 2 aromatic carbocycles. The van der Waals surface area contributed by atoms with Gasteiger partial charge in [-0.25, -0.2) is 0 Å². The van der Waals surface area contributed by atoms with E-state index in [0.717, 1.165) is 28.6 Å². The zero-order valence-corrected chi connectivity index (χ0v) is 15.8. The summed E-state index contributed by atoms with van der Waals surface area (Å²) >= 11 is 0. The molecule has 0 bridgehead atoms. The zero-order valence-electron chi connectivity index (χ0n) is 15.8. The van der Waals surface area contributed by atoms with Crippen LogP contribution in [0.1, 0.15) is 16.7 Å². The average Bonchev–Trinajstić information content (AvgIpc) is 2.69. The molecule has 0 atom stereocenters. The van der Waals surface area contributed by atoms with Crippen molar-refractivity contribution in [3.8, 4) is 11.5 Å². The van der Waals surface area contributed by atoms with E-state index in [1.54, 1.807) is 28.4 Å². The van der Waals surface area contributed by atoms with Gasteiger partial charge in [-0.1, -0.05) is 24.3 Å². The molecular weight excluding hydrogens is 330 g/mol. The molecule has 0 spiro atoms. The average molecular weight is 357 g/mol. The van der Waals surface area contributed by atoms with Gasteiger partial charge in [-0.05, 0) is 23.3 Å². The molecule has 0 heterocycles. The fraction of sp³-hybridized carbons (Fsp3) is 0.350. The summed E-state index contributed by atoms with van der Waals surface area (Å²) in [5.41, 5.74) is 3.36. The lowest BCUT2D eigenvalue weighted by atomic mass is 10.1. The van der Waals surface area contributed by atoms with Crippen LogP contribution in [0.2, 0.25) is 0 Å². The summed E-state index contributed by atoms with van der Waals surface area (Å²) in [4.78, 5) is 4.26. The van der Waals surface area contributed by atoms with Crippen LogP contribution in [0.4, 0.5) is 0 Å². The first kappa shape index (κ1) is 19.6. The van der Waals surface area contributed by atoms with Crippen molar-refractivity contribution in [2.75, 3.05) is 28.4 Å². The van der Waals surface area contributed by atoms with E-state index in [9.17, 15) is 0 Å². The molecule has 0 aliphatic rings. The van der Waals surface area contributed by atoms with Crippen molar-refractivity contribution in [1.82, 2.24) is 10.6 Å². The number of benzene rings is 2. The summed E-state index contributed by atoms with van der Waals surface area (Å²) < 4.78 is 15.8. The van der Waals surface area contributed by atoms with Gasteiger partial charge < -0.3 is 24.8 Å². The minimum Gasteiger partial charge on any atom is -0.497 e. The van der Waals surface area contributed by atoms with Crippen LogP contribution in [-0.2, 0) is 24.4 Å². The highest BCUT2D eigenvalue weighted by molar-refractivity contribution is 5.79. The number of ether oxygens (including phenoxy) is 3. The Hall–Kier alpha value is -2.73. The first-order chi connectivity index (χ1) is 12.7. The molecule has 26 heavy (non-hydrogen) atoms. The van der Waals surface area contributed by atoms with Gasteiger partial charge in [0.05, 0.1) is 20.8 Å². The molecule has 0 amide bonds. The molecular formula is C20H27N3O3. The molecule has 2 N–H and O–H groups in total. The highest BCUT2D eigenvalue weighted by atomic mass is 16.5. The lowest BCUT2D eigenvalue weighted by Crippen LogP contribution is -2.36. The third kappa shape index (κ3) is 5.67. The smallest absolute Gasteiger partial charge is 0.191 e. The minimum atomic E-state index is 0.597. The van der Waals surface area contributed by atoms with Gasteiger partial charge in [-0.3, -0.25) is 4.99 Å². The standard InChI is InChI=1S/C20H27N3O3/c1-21-20(22-12-15-5-7-16(8-6-15)14-24-2)23-13-17-9-10-18(25-3)11-19(17)26-4/h5-11H,12-14H2,1-4H3,(H2,21,22,23). The first-order valence-electron chi connectivity index (χ1n) is 8.42. The second-order valence-electron chi connectivity index (χ2n) is 5.71. The van der Waals surface area contributed by atoms with Crippen LogP contribution in [0.25, 0.3) is 0 Å². The van der Waals surface area contributed by atoms with Gasteiger partial charge in [0.25, 0.3) is 0 Å². The van der Waals surface area contributed by atoms with Gasteiger partial charge in [-0.2, -0.15) is 0 Å². The SMILES string of the molecule is CN=C(NCc1ccc(COC)cc1)NCc1ccc(OC)cc1OC. The van der Waals surface area contributed by atoms with E-state index >= 15 is 0 Å². The summed E-state index contributed by atoms with van der Waals surface area (Å²) in [5.74, 6) is 2.27. The van der Waals surface area contributed by atoms with Gasteiger partial charge in [0.1, 0.15) is 11.5 Å². The minimum absolute atomic E-state index is 0.597. The molecule has 6 heteroatoms. The molecule has 140 valence electrons. The zero-order chi connectivity index (χ0) is 18.8. The number of nitrogens with one attached hydrogen (secondary N) is 2. The van der Waals surface area contributed by atoms with Gasteiger partial charge in [0.2, 0.25) is 0 Å². The molecule has 2 rings (SSSR count). The summed E-state index contributed by atoms with van der Waals surface area (Å²) in [6.07, 6.45) is 0. The molecule has 0 aromatic heterocycles. The molecule has 2 aromatic rings. The maximum Gasteiger partial charge on any atom is 0.191 e. The van der Waals surface area contributed by atoms with Crippen LogP contribution in [0.3, 0.4) is 0 Å². The fourth-order valence-corrected chi connectivity index (χ4v) is 2.50. The van der Waals surface area contributed by atoms with Crippen LogP contribution >= 0.6 is 0 Å². The predicted octanol–water partition coefficient (Wildman–Crippen LogP) is 2.72. The van der Waals surface area contributed by atoms with Crippen molar-refractivity contribution in [3.63, 3.8) is 0 Å². The molecule has 0 saturated carbocycles. The lowest BCUT2D eigenvalue weighted by molar-refractivity contribution is 0.185. The maximum absolute atomic E-state index is 5.42. The molecule has 6 nitrogen and oxygen atoms in total. The number of guanidine groups is 1. The Balaban J connectivity index is 1.89. The number of rotatable bonds is 8. The van der Waals surface area contributed by atoms with Gasteiger partial charge in [0.15, 0.2) is 5.96 Å². The third-order valence-corrected chi connectivity index (χ3v) is 3.96. The highest BCUT2D eigenvalue weighted by Gasteiger charge is 2.06. The van der Waals surface area contributed by atoms with E-state index in [1.165, 1.54) is 5.56 Å². The first-order valence-corrected chi connectivity index (χ1v) is 8.42. The topological polar surface area (TPSA) is 64.1 Å². The van der Waals surface area contributed by atoms with Crippen molar-refractivity contribution in [2.24, 2.45) is 4.99 Å². The Labute approximate surface area is 155 Å². The van der Waals surface area contributed by atoms with Crippen molar-refractivity contribution in [2.45, 2.75) is 19.7 Å².